The summed E-state index contributed by atoms with van der Waals surface area (Å²) in [4.78, 5) is 2.35. The van der Waals surface area contributed by atoms with Crippen molar-refractivity contribution in [1.29, 1.82) is 0 Å². The van der Waals surface area contributed by atoms with Gasteiger partial charge in [-0.25, -0.2) is 4.39 Å². The lowest BCUT2D eigenvalue weighted by atomic mass is 9.94. The predicted octanol–water partition coefficient (Wildman–Crippen LogP) is 2.34. The summed E-state index contributed by atoms with van der Waals surface area (Å²) in [6.45, 7) is 4.09. The Morgan fingerprint density at radius 1 is 1.47 bits per heavy atom. The number of fused-ring (bicyclic) bond motifs is 1. The molecule has 1 aliphatic carbocycles. The lowest BCUT2D eigenvalue weighted by molar-refractivity contribution is 0.363. The number of rotatable bonds is 1. The number of likely N-dealkylation sites (tertiary alicyclic amines) is 1. The number of halogens is 1. The molecule has 0 aromatic heterocycles. The Balaban J connectivity index is 1.97. The average Bonchev–Trinajstić information content (AvgIpc) is 2.75. The van der Waals surface area contributed by atoms with Gasteiger partial charge in [-0.15, -0.1) is 0 Å². The number of aryl methyl sites for hydroxylation is 1. The van der Waals surface area contributed by atoms with Gasteiger partial charge in [-0.1, -0.05) is 12.1 Å². The van der Waals surface area contributed by atoms with Crippen LogP contribution in [0.25, 0.3) is 0 Å². The fourth-order valence-electron chi connectivity index (χ4n) is 3.08. The van der Waals surface area contributed by atoms with Gasteiger partial charge in [0.15, 0.2) is 0 Å². The Hall–Kier alpha value is -0.890. The van der Waals surface area contributed by atoms with Gasteiger partial charge in [-0.2, -0.15) is 0 Å². The second-order valence-corrected chi connectivity index (χ2v) is 5.22. The van der Waals surface area contributed by atoms with Crippen molar-refractivity contribution >= 4 is 0 Å². The lowest BCUT2D eigenvalue weighted by Gasteiger charge is -2.16. The van der Waals surface area contributed by atoms with E-state index in [-0.39, 0.29) is 5.82 Å². The zero-order valence-corrected chi connectivity index (χ0v) is 9.26. The molecule has 0 radical (unpaired) electrons. The molecule has 1 nitrogen and oxygen atoms in total. The van der Waals surface area contributed by atoms with Crippen LogP contribution in [0.15, 0.2) is 18.2 Å². The van der Waals surface area contributed by atoms with Crippen LogP contribution in [0.3, 0.4) is 0 Å². The first-order valence-corrected chi connectivity index (χ1v) is 5.57. The molecule has 1 saturated heterocycles. The maximum absolute atomic E-state index is 13.5. The third-order valence-electron chi connectivity index (χ3n) is 4.06. The van der Waals surface area contributed by atoms with Gasteiger partial charge in [-0.3, -0.25) is 0 Å². The lowest BCUT2D eigenvalue weighted by Crippen LogP contribution is -2.22. The number of piperidine rings is 1. The number of hydrogen-bond donors (Lipinski definition) is 0. The molecule has 1 aliphatic heterocycles. The second-order valence-electron chi connectivity index (χ2n) is 5.22. The topological polar surface area (TPSA) is 3.24 Å². The molecule has 1 heterocycles. The van der Waals surface area contributed by atoms with Crippen molar-refractivity contribution in [2.45, 2.75) is 18.8 Å². The minimum absolute atomic E-state index is 0.0536. The monoisotopic (exact) mass is 205 g/mol. The molecule has 3 rings (SSSR count). The van der Waals surface area contributed by atoms with E-state index in [9.17, 15) is 4.39 Å². The first-order chi connectivity index (χ1) is 7.12. The van der Waals surface area contributed by atoms with Crippen LogP contribution in [-0.4, -0.2) is 25.0 Å². The second kappa shape index (κ2) is 2.82. The molecule has 0 N–H and O–H groups in total. The molecule has 0 spiro atoms. The van der Waals surface area contributed by atoms with Crippen LogP contribution < -0.4 is 0 Å². The van der Waals surface area contributed by atoms with E-state index in [2.05, 4.69) is 18.0 Å². The minimum atomic E-state index is -0.0536. The smallest absolute Gasteiger partial charge is 0.126 e. The zero-order chi connectivity index (χ0) is 10.6. The zero-order valence-electron chi connectivity index (χ0n) is 9.26. The van der Waals surface area contributed by atoms with Crippen LogP contribution >= 0.6 is 0 Å². The number of likely N-dealkylation sites (N-methyl/N-ethyl adjacent to an activating group) is 1. The van der Waals surface area contributed by atoms with Crippen LogP contribution in [0.4, 0.5) is 4.39 Å². The third kappa shape index (κ3) is 1.24. The van der Waals surface area contributed by atoms with E-state index in [1.54, 1.807) is 6.07 Å². The highest BCUT2D eigenvalue weighted by atomic mass is 19.1. The number of hydrogen-bond acceptors (Lipinski definition) is 1. The summed E-state index contributed by atoms with van der Waals surface area (Å²) < 4.78 is 13.5. The van der Waals surface area contributed by atoms with Gasteiger partial charge in [-0.05, 0) is 43.5 Å². The average molecular weight is 205 g/mol. The predicted molar refractivity (Wildman–Crippen MR) is 58.4 cm³/mol. The highest BCUT2D eigenvalue weighted by Gasteiger charge is 2.59. The first kappa shape index (κ1) is 9.34. The highest BCUT2D eigenvalue weighted by molar-refractivity contribution is 5.38. The Morgan fingerprint density at radius 2 is 2.27 bits per heavy atom. The Kier molecular flexibility index (Phi) is 1.76. The van der Waals surface area contributed by atoms with Crippen LogP contribution in [0, 0.1) is 18.7 Å². The van der Waals surface area contributed by atoms with Gasteiger partial charge in [0.25, 0.3) is 0 Å². The van der Waals surface area contributed by atoms with Crippen LogP contribution in [-0.2, 0) is 5.41 Å². The number of nitrogens with zero attached hydrogens (tertiary/aromatic N) is 1. The van der Waals surface area contributed by atoms with Gasteiger partial charge in [0.2, 0.25) is 0 Å². The molecule has 1 saturated carbocycles. The Morgan fingerprint density at radius 3 is 2.87 bits per heavy atom. The van der Waals surface area contributed by atoms with Crippen molar-refractivity contribution in [3.8, 4) is 0 Å². The molecule has 0 bridgehead atoms. The SMILES string of the molecule is Cc1ccc(C23C[C@@H]2CN(C)C3)cc1F. The molecule has 2 atom stereocenters. The molecule has 80 valence electrons. The van der Waals surface area contributed by atoms with Crippen molar-refractivity contribution in [2.75, 3.05) is 20.1 Å². The highest BCUT2D eigenvalue weighted by Crippen LogP contribution is 2.58. The maximum atomic E-state index is 13.5. The number of benzene rings is 1. The summed E-state index contributed by atoms with van der Waals surface area (Å²) in [6, 6.07) is 5.76. The quantitative estimate of drug-likeness (QED) is 0.680. The van der Waals surface area contributed by atoms with Gasteiger partial charge in [0, 0.05) is 18.5 Å². The van der Waals surface area contributed by atoms with Gasteiger partial charge in [0.05, 0.1) is 0 Å². The van der Waals surface area contributed by atoms with Crippen molar-refractivity contribution in [3.63, 3.8) is 0 Å². The molecule has 1 unspecified atom stereocenters. The van der Waals surface area contributed by atoms with Crippen molar-refractivity contribution < 1.29 is 4.39 Å². The van der Waals surface area contributed by atoms with Crippen LogP contribution in [0.5, 0.6) is 0 Å². The minimum Gasteiger partial charge on any atom is -0.305 e. The standard InChI is InChI=1S/C13H16FN/c1-9-3-4-10(5-12(9)14)13-6-11(13)7-15(2)8-13/h3-5,11H,6-8H2,1-2H3/t11-,13?/m1/s1. The van der Waals surface area contributed by atoms with Crippen molar-refractivity contribution in [1.82, 2.24) is 4.90 Å². The molecule has 1 aromatic rings. The van der Waals surface area contributed by atoms with E-state index < -0.39 is 0 Å². The van der Waals surface area contributed by atoms with Crippen LogP contribution in [0.2, 0.25) is 0 Å². The fraction of sp³-hybridized carbons (Fsp3) is 0.538. The molecule has 2 aliphatic rings. The van der Waals surface area contributed by atoms with E-state index in [4.69, 9.17) is 0 Å². The summed E-state index contributed by atoms with van der Waals surface area (Å²) in [5.41, 5.74) is 2.25. The Labute approximate surface area is 89.9 Å². The Bertz CT molecular complexity index is 415. The molecule has 1 aromatic carbocycles. The van der Waals surface area contributed by atoms with Gasteiger partial charge in [0.1, 0.15) is 5.82 Å². The maximum Gasteiger partial charge on any atom is 0.126 e. The fourth-order valence-corrected chi connectivity index (χ4v) is 3.08. The van der Waals surface area contributed by atoms with E-state index in [0.717, 1.165) is 18.0 Å². The summed E-state index contributed by atoms with van der Waals surface area (Å²) >= 11 is 0. The van der Waals surface area contributed by atoms with E-state index in [1.807, 2.05) is 13.0 Å². The largest absolute Gasteiger partial charge is 0.305 e. The van der Waals surface area contributed by atoms with Crippen LogP contribution in [0.1, 0.15) is 17.5 Å². The summed E-state index contributed by atoms with van der Waals surface area (Å²) in [5.74, 6) is 0.715. The van der Waals surface area contributed by atoms with Gasteiger partial charge >= 0.3 is 0 Å². The van der Waals surface area contributed by atoms with Crippen molar-refractivity contribution in [2.24, 2.45) is 5.92 Å². The van der Waals surface area contributed by atoms with E-state index in [1.165, 1.54) is 18.5 Å². The van der Waals surface area contributed by atoms with Crippen molar-refractivity contribution in [3.05, 3.63) is 35.1 Å². The normalized spacial score (nSPS) is 34.2. The third-order valence-corrected chi connectivity index (χ3v) is 4.06. The molecular formula is C13H16FN. The molecular weight excluding hydrogens is 189 g/mol. The first-order valence-electron chi connectivity index (χ1n) is 5.57. The summed E-state index contributed by atoms with van der Waals surface area (Å²) in [6.07, 6.45) is 1.25. The van der Waals surface area contributed by atoms with Gasteiger partial charge < -0.3 is 4.90 Å². The summed E-state index contributed by atoms with van der Waals surface area (Å²) in [5, 5.41) is 0. The van der Waals surface area contributed by atoms with E-state index in [0.29, 0.717) is 5.41 Å². The molecule has 15 heavy (non-hydrogen) atoms. The van der Waals surface area contributed by atoms with E-state index >= 15 is 0 Å². The molecule has 2 fully saturated rings. The summed E-state index contributed by atoms with van der Waals surface area (Å²) in [7, 11) is 2.15. The molecule has 2 heteroatoms. The molecule has 0 amide bonds.